The lowest BCUT2D eigenvalue weighted by Crippen LogP contribution is -2.19. The van der Waals surface area contributed by atoms with Gasteiger partial charge in [-0.1, -0.05) is 35.3 Å². The van der Waals surface area contributed by atoms with Crippen LogP contribution in [0.4, 0.5) is 5.82 Å². The van der Waals surface area contributed by atoms with Crippen LogP contribution in [0.1, 0.15) is 10.8 Å². The minimum absolute atomic E-state index is 0. The molecule has 1 N–H and O–H groups in total. The third kappa shape index (κ3) is 6.04. The molecule has 0 aliphatic rings. The van der Waals surface area contributed by atoms with Crippen LogP contribution in [-0.2, 0) is 4.79 Å². The molecule has 146 valence electrons. The van der Waals surface area contributed by atoms with Crippen LogP contribution >= 0.6 is 47.4 Å². The summed E-state index contributed by atoms with van der Waals surface area (Å²) in [6, 6.07) is 18.1. The monoisotopic (exact) mass is 454 g/mol. The Morgan fingerprint density at radius 2 is 1.64 bits per heavy atom. The maximum atomic E-state index is 12.9. The summed E-state index contributed by atoms with van der Waals surface area (Å²) in [5.41, 5.74) is 0.840. The summed E-state index contributed by atoms with van der Waals surface area (Å²) in [6.45, 7) is 0. The molecule has 1 unspecified atom stereocenters. The number of halogens is 3. The summed E-state index contributed by atoms with van der Waals surface area (Å²) in [4.78, 5) is 18.0. The molecule has 0 fully saturated rings. The molecule has 1 aromatic heterocycles. The molecule has 28 heavy (non-hydrogen) atoms. The number of aromatic nitrogens is 1. The highest BCUT2D eigenvalue weighted by Crippen LogP contribution is 2.37. The van der Waals surface area contributed by atoms with Gasteiger partial charge in [0.2, 0.25) is 5.91 Å². The predicted octanol–water partition coefficient (Wildman–Crippen LogP) is 6.29. The number of carbonyl (C=O) groups excluding carboxylic acids is 1. The van der Waals surface area contributed by atoms with Crippen molar-refractivity contribution in [2.75, 3.05) is 12.4 Å². The highest BCUT2D eigenvalue weighted by atomic mass is 35.5. The van der Waals surface area contributed by atoms with Crippen molar-refractivity contribution in [2.45, 2.75) is 10.1 Å². The van der Waals surface area contributed by atoms with E-state index in [9.17, 15) is 4.79 Å². The summed E-state index contributed by atoms with van der Waals surface area (Å²) >= 11 is 13.3. The van der Waals surface area contributed by atoms with E-state index in [1.807, 2.05) is 36.4 Å². The minimum Gasteiger partial charge on any atom is -0.497 e. The van der Waals surface area contributed by atoms with Crippen molar-refractivity contribution in [1.29, 1.82) is 0 Å². The van der Waals surface area contributed by atoms with Gasteiger partial charge in [0.05, 0.1) is 12.1 Å². The van der Waals surface area contributed by atoms with Gasteiger partial charge in [0.25, 0.3) is 0 Å². The van der Waals surface area contributed by atoms with E-state index in [0.717, 1.165) is 16.2 Å². The molecule has 0 bridgehead atoms. The fourth-order valence-electron chi connectivity index (χ4n) is 2.34. The van der Waals surface area contributed by atoms with E-state index in [2.05, 4.69) is 10.3 Å². The van der Waals surface area contributed by atoms with E-state index in [-0.39, 0.29) is 18.3 Å². The summed E-state index contributed by atoms with van der Waals surface area (Å²) in [5.74, 6) is 1.02. The molecular formula is C20H17Cl3N2O2S. The molecule has 1 heterocycles. The second kappa shape index (κ2) is 10.6. The van der Waals surface area contributed by atoms with Gasteiger partial charge in [-0.3, -0.25) is 4.79 Å². The van der Waals surface area contributed by atoms with Crippen LogP contribution < -0.4 is 10.1 Å². The average molecular weight is 456 g/mol. The third-order valence-electron chi connectivity index (χ3n) is 3.70. The second-order valence-electron chi connectivity index (χ2n) is 5.58. The zero-order chi connectivity index (χ0) is 19.2. The molecular weight excluding hydrogens is 439 g/mol. The molecule has 3 rings (SSSR count). The van der Waals surface area contributed by atoms with Gasteiger partial charge in [-0.05, 0) is 54.1 Å². The molecule has 0 aliphatic heterocycles. The van der Waals surface area contributed by atoms with Crippen molar-refractivity contribution in [3.63, 3.8) is 0 Å². The number of methoxy groups -OCH3 is 1. The smallest absolute Gasteiger partial charge is 0.243 e. The van der Waals surface area contributed by atoms with Crippen molar-refractivity contribution >= 4 is 59.1 Å². The van der Waals surface area contributed by atoms with Crippen LogP contribution in [0.2, 0.25) is 10.0 Å². The number of hydrogen-bond acceptors (Lipinski definition) is 4. The van der Waals surface area contributed by atoms with Gasteiger partial charge in [0, 0.05) is 16.1 Å². The maximum absolute atomic E-state index is 12.9. The first-order valence-corrected chi connectivity index (χ1v) is 9.67. The van der Waals surface area contributed by atoms with Gasteiger partial charge >= 0.3 is 0 Å². The molecule has 8 heteroatoms. The first kappa shape index (κ1) is 22.4. The lowest BCUT2D eigenvalue weighted by Gasteiger charge is -2.17. The third-order valence-corrected chi connectivity index (χ3v) is 5.44. The van der Waals surface area contributed by atoms with E-state index in [1.165, 1.54) is 18.0 Å². The molecule has 1 amide bonds. The highest BCUT2D eigenvalue weighted by molar-refractivity contribution is 8.00. The Morgan fingerprint density at radius 3 is 2.21 bits per heavy atom. The van der Waals surface area contributed by atoms with Crippen LogP contribution in [-0.4, -0.2) is 18.0 Å². The molecule has 0 aliphatic carbocycles. The maximum Gasteiger partial charge on any atom is 0.243 e. The summed E-state index contributed by atoms with van der Waals surface area (Å²) in [5, 5.41) is 3.49. The second-order valence-corrected chi connectivity index (χ2v) is 7.63. The molecule has 0 radical (unpaired) electrons. The highest BCUT2D eigenvalue weighted by Gasteiger charge is 2.22. The Balaban J connectivity index is 0.00000280. The Hall–Kier alpha value is -1.92. The first-order valence-electron chi connectivity index (χ1n) is 8.04. The van der Waals surface area contributed by atoms with Gasteiger partial charge in [0.15, 0.2) is 0 Å². The molecule has 0 saturated heterocycles. The van der Waals surface area contributed by atoms with Crippen molar-refractivity contribution in [2.24, 2.45) is 0 Å². The van der Waals surface area contributed by atoms with E-state index in [0.29, 0.717) is 15.9 Å². The fraction of sp³-hybridized carbons (Fsp3) is 0.100. The van der Waals surface area contributed by atoms with Crippen LogP contribution in [0.15, 0.2) is 71.8 Å². The number of hydrogen-bond donors (Lipinski definition) is 1. The number of ether oxygens (including phenoxy) is 1. The van der Waals surface area contributed by atoms with Crippen LogP contribution in [0.25, 0.3) is 0 Å². The number of anilines is 1. The minimum atomic E-state index is -0.479. The normalized spacial score (nSPS) is 11.2. The number of nitrogens with zero attached hydrogens (tertiary/aromatic N) is 1. The number of rotatable bonds is 6. The number of amides is 1. The topological polar surface area (TPSA) is 51.2 Å². The Kier molecular flexibility index (Phi) is 8.45. The molecule has 4 nitrogen and oxygen atoms in total. The van der Waals surface area contributed by atoms with E-state index in [4.69, 9.17) is 27.9 Å². The Morgan fingerprint density at radius 1 is 1.00 bits per heavy atom. The van der Waals surface area contributed by atoms with Gasteiger partial charge in [-0.25, -0.2) is 4.98 Å². The summed E-state index contributed by atoms with van der Waals surface area (Å²) in [6.07, 6.45) is 1.49. The van der Waals surface area contributed by atoms with E-state index < -0.39 is 5.25 Å². The van der Waals surface area contributed by atoms with E-state index in [1.54, 1.807) is 31.4 Å². The van der Waals surface area contributed by atoms with Crippen molar-refractivity contribution in [3.05, 3.63) is 82.5 Å². The van der Waals surface area contributed by atoms with E-state index >= 15 is 0 Å². The summed E-state index contributed by atoms with van der Waals surface area (Å²) < 4.78 is 5.19. The van der Waals surface area contributed by atoms with Gasteiger partial charge in [-0.15, -0.1) is 24.2 Å². The number of pyridine rings is 1. The van der Waals surface area contributed by atoms with Gasteiger partial charge in [-0.2, -0.15) is 0 Å². The average Bonchev–Trinajstić information content (AvgIpc) is 2.69. The molecule has 3 aromatic rings. The summed E-state index contributed by atoms with van der Waals surface area (Å²) in [7, 11) is 1.62. The van der Waals surface area contributed by atoms with Gasteiger partial charge in [0.1, 0.15) is 16.8 Å². The largest absolute Gasteiger partial charge is 0.497 e. The Labute approximate surface area is 184 Å². The standard InChI is InChI=1S/C20H16Cl2N2O2S.ClH/c1-26-16-7-9-17(10-8-16)27-19(13-2-4-14(21)5-3-13)20(25)24-18-11-6-15(22)12-23-18;/h2-12,19H,1H3,(H,23,24,25);1H. The predicted molar refractivity (Wildman–Crippen MR) is 118 cm³/mol. The van der Waals surface area contributed by atoms with Crippen LogP contribution in [0, 0.1) is 0 Å². The molecule has 0 spiro atoms. The number of nitrogens with one attached hydrogen (secondary N) is 1. The lowest BCUT2D eigenvalue weighted by molar-refractivity contribution is -0.115. The molecule has 0 saturated carbocycles. The number of thioether (sulfide) groups is 1. The van der Waals surface area contributed by atoms with Crippen molar-refractivity contribution in [1.82, 2.24) is 4.98 Å². The number of carbonyl (C=O) groups is 1. The van der Waals surface area contributed by atoms with Gasteiger partial charge < -0.3 is 10.1 Å². The zero-order valence-corrected chi connectivity index (χ0v) is 17.9. The van der Waals surface area contributed by atoms with Crippen molar-refractivity contribution in [3.8, 4) is 5.75 Å². The molecule has 1 atom stereocenters. The van der Waals surface area contributed by atoms with Crippen LogP contribution in [0.5, 0.6) is 5.75 Å². The van der Waals surface area contributed by atoms with Crippen molar-refractivity contribution < 1.29 is 9.53 Å². The zero-order valence-electron chi connectivity index (χ0n) is 14.8. The lowest BCUT2D eigenvalue weighted by atomic mass is 10.1. The Bertz CT molecular complexity index is 904. The fourth-order valence-corrected chi connectivity index (χ4v) is 3.60. The van der Waals surface area contributed by atoms with Crippen LogP contribution in [0.3, 0.4) is 0 Å². The quantitative estimate of drug-likeness (QED) is 0.444. The SMILES string of the molecule is COc1ccc(SC(C(=O)Nc2ccc(Cl)cn2)c2ccc(Cl)cc2)cc1.Cl. The number of benzene rings is 2. The first-order chi connectivity index (χ1) is 13.0. The molecule has 2 aromatic carbocycles.